The lowest BCUT2D eigenvalue weighted by atomic mass is 9.71. The lowest BCUT2D eigenvalue weighted by molar-refractivity contribution is 0.145. The third-order valence-corrected chi connectivity index (χ3v) is 6.55. The molecule has 20 heavy (non-hydrogen) atoms. The van der Waals surface area contributed by atoms with Crippen LogP contribution < -0.4 is 5.32 Å². The Morgan fingerprint density at radius 2 is 1.60 bits per heavy atom. The van der Waals surface area contributed by atoms with E-state index in [1.807, 2.05) is 0 Å². The molecule has 0 heterocycles. The van der Waals surface area contributed by atoms with Crippen molar-refractivity contribution in [2.45, 2.75) is 96.4 Å². The molecule has 0 amide bonds. The van der Waals surface area contributed by atoms with Crippen LogP contribution in [-0.2, 0) is 0 Å². The molecule has 2 atom stereocenters. The summed E-state index contributed by atoms with van der Waals surface area (Å²) in [6, 6.07) is 0.862. The minimum Gasteiger partial charge on any atom is -0.313 e. The van der Waals surface area contributed by atoms with E-state index in [1.165, 1.54) is 90.0 Å². The van der Waals surface area contributed by atoms with Crippen LogP contribution in [0.5, 0.6) is 0 Å². The average molecular weight is 277 g/mol. The van der Waals surface area contributed by atoms with Gasteiger partial charge in [-0.2, -0.15) is 0 Å². The van der Waals surface area contributed by atoms with Gasteiger partial charge in [0.2, 0.25) is 0 Å². The summed E-state index contributed by atoms with van der Waals surface area (Å²) in [7, 11) is 0. The van der Waals surface area contributed by atoms with E-state index >= 15 is 0 Å². The summed E-state index contributed by atoms with van der Waals surface area (Å²) in [5.41, 5.74) is 0.726. The second-order valence-corrected chi connectivity index (χ2v) is 8.08. The number of rotatable bonds is 6. The smallest absolute Gasteiger partial charge is 0.00982 e. The van der Waals surface area contributed by atoms with Crippen molar-refractivity contribution in [3.8, 4) is 0 Å². The van der Waals surface area contributed by atoms with Crippen molar-refractivity contribution < 1.29 is 0 Å². The summed E-state index contributed by atoms with van der Waals surface area (Å²) in [5, 5.41) is 4.06. The van der Waals surface area contributed by atoms with E-state index in [0.29, 0.717) is 0 Å². The second-order valence-electron chi connectivity index (χ2n) is 8.08. The van der Waals surface area contributed by atoms with Crippen LogP contribution in [0, 0.1) is 17.3 Å². The zero-order chi connectivity index (χ0) is 13.8. The summed E-state index contributed by atoms with van der Waals surface area (Å²) >= 11 is 0. The largest absolute Gasteiger partial charge is 0.313 e. The second kappa shape index (κ2) is 6.81. The van der Waals surface area contributed by atoms with Crippen LogP contribution in [0.1, 0.15) is 90.4 Å². The van der Waals surface area contributed by atoms with Gasteiger partial charge in [-0.05, 0) is 49.4 Å². The van der Waals surface area contributed by atoms with E-state index in [9.17, 15) is 0 Å². The van der Waals surface area contributed by atoms with E-state index in [4.69, 9.17) is 0 Å². The van der Waals surface area contributed by atoms with Gasteiger partial charge in [-0.1, -0.05) is 58.3 Å². The molecule has 0 saturated heterocycles. The predicted octanol–water partition coefficient (Wildman–Crippen LogP) is 5.30. The summed E-state index contributed by atoms with van der Waals surface area (Å²) in [5.74, 6) is 2.07. The Morgan fingerprint density at radius 1 is 0.900 bits per heavy atom. The summed E-state index contributed by atoms with van der Waals surface area (Å²) in [6.45, 7) is 3.68. The molecule has 3 rings (SSSR count). The molecule has 1 heteroatoms. The van der Waals surface area contributed by atoms with Gasteiger partial charge in [-0.15, -0.1) is 0 Å². The van der Waals surface area contributed by atoms with Gasteiger partial charge in [0.1, 0.15) is 0 Å². The molecule has 3 aliphatic carbocycles. The number of nitrogens with one attached hydrogen (secondary N) is 1. The Kier molecular flexibility index (Phi) is 5.07. The maximum atomic E-state index is 4.06. The van der Waals surface area contributed by atoms with Crippen LogP contribution in [0.3, 0.4) is 0 Å². The van der Waals surface area contributed by atoms with Gasteiger partial charge in [-0.3, -0.25) is 0 Å². The van der Waals surface area contributed by atoms with Gasteiger partial charge in [0, 0.05) is 12.6 Å². The Labute approximate surface area is 126 Å². The first-order valence-corrected chi connectivity index (χ1v) is 9.56. The van der Waals surface area contributed by atoms with E-state index in [1.54, 1.807) is 0 Å². The monoisotopic (exact) mass is 277 g/mol. The van der Waals surface area contributed by atoms with Gasteiger partial charge < -0.3 is 5.32 Å². The predicted molar refractivity (Wildman–Crippen MR) is 86.9 cm³/mol. The fourth-order valence-corrected chi connectivity index (χ4v) is 5.11. The molecular weight excluding hydrogens is 242 g/mol. The van der Waals surface area contributed by atoms with Crippen molar-refractivity contribution in [1.29, 1.82) is 0 Å². The topological polar surface area (TPSA) is 12.0 Å². The maximum absolute atomic E-state index is 4.06. The summed E-state index contributed by atoms with van der Waals surface area (Å²) in [6.07, 6.45) is 19.4. The Bertz CT molecular complexity index is 288. The first kappa shape index (κ1) is 14.9. The van der Waals surface area contributed by atoms with Crippen LogP contribution in [-0.4, -0.2) is 12.6 Å². The molecule has 116 valence electrons. The minimum atomic E-state index is 0.726. The lowest BCUT2D eigenvalue weighted by Crippen LogP contribution is -2.44. The quantitative estimate of drug-likeness (QED) is 0.695. The molecule has 1 nitrogen and oxygen atoms in total. The number of hydrogen-bond donors (Lipinski definition) is 1. The highest BCUT2D eigenvalue weighted by Crippen LogP contribution is 2.49. The van der Waals surface area contributed by atoms with Gasteiger partial charge in [0.25, 0.3) is 0 Å². The molecule has 0 bridgehead atoms. The van der Waals surface area contributed by atoms with Gasteiger partial charge in [0.05, 0.1) is 0 Å². The summed E-state index contributed by atoms with van der Waals surface area (Å²) < 4.78 is 0. The molecular formula is C19H35N. The fraction of sp³-hybridized carbons (Fsp3) is 1.00. The van der Waals surface area contributed by atoms with Crippen molar-refractivity contribution >= 4 is 0 Å². The van der Waals surface area contributed by atoms with Crippen molar-refractivity contribution in [2.75, 3.05) is 6.54 Å². The zero-order valence-corrected chi connectivity index (χ0v) is 13.6. The standard InChI is InChI=1S/C19H35N/c1-2-12-19(13-14-19)15-20-18-11-7-6-10-17(18)16-8-4-3-5-9-16/h16-18,20H,2-15H2,1H3. The van der Waals surface area contributed by atoms with Gasteiger partial charge >= 0.3 is 0 Å². The molecule has 1 N–H and O–H groups in total. The molecule has 0 aliphatic heterocycles. The van der Waals surface area contributed by atoms with Crippen molar-refractivity contribution in [2.24, 2.45) is 17.3 Å². The van der Waals surface area contributed by atoms with Crippen molar-refractivity contribution in [3.63, 3.8) is 0 Å². The Balaban J connectivity index is 1.52. The highest BCUT2D eigenvalue weighted by atomic mass is 14.9. The molecule has 0 aromatic carbocycles. The molecule has 3 fully saturated rings. The average Bonchev–Trinajstić information content (AvgIpc) is 3.27. The van der Waals surface area contributed by atoms with Crippen molar-refractivity contribution in [1.82, 2.24) is 5.32 Å². The highest BCUT2D eigenvalue weighted by molar-refractivity contribution is 4.96. The van der Waals surface area contributed by atoms with Crippen LogP contribution in [0.2, 0.25) is 0 Å². The maximum Gasteiger partial charge on any atom is 0.00982 e. The SMILES string of the molecule is CCCC1(CNC2CCCCC2C2CCCCC2)CC1. The Morgan fingerprint density at radius 3 is 2.30 bits per heavy atom. The molecule has 0 spiro atoms. The van der Waals surface area contributed by atoms with Crippen LogP contribution in [0.25, 0.3) is 0 Å². The first-order valence-electron chi connectivity index (χ1n) is 9.56. The Hall–Kier alpha value is -0.0400. The summed E-state index contributed by atoms with van der Waals surface area (Å²) in [4.78, 5) is 0. The fourth-order valence-electron chi connectivity index (χ4n) is 5.11. The third-order valence-electron chi connectivity index (χ3n) is 6.55. The van der Waals surface area contributed by atoms with E-state index < -0.39 is 0 Å². The molecule has 0 aromatic rings. The third kappa shape index (κ3) is 3.59. The van der Waals surface area contributed by atoms with Crippen LogP contribution >= 0.6 is 0 Å². The molecule has 0 radical (unpaired) electrons. The number of hydrogen-bond acceptors (Lipinski definition) is 1. The molecule has 3 aliphatic rings. The molecule has 3 saturated carbocycles. The van der Waals surface area contributed by atoms with Crippen molar-refractivity contribution in [3.05, 3.63) is 0 Å². The lowest BCUT2D eigenvalue weighted by Gasteiger charge is -2.40. The van der Waals surface area contributed by atoms with E-state index in [0.717, 1.165) is 23.3 Å². The first-order chi connectivity index (χ1) is 9.83. The molecule has 2 unspecified atom stereocenters. The zero-order valence-electron chi connectivity index (χ0n) is 13.6. The van der Waals surface area contributed by atoms with Crippen LogP contribution in [0.15, 0.2) is 0 Å². The van der Waals surface area contributed by atoms with Crippen LogP contribution in [0.4, 0.5) is 0 Å². The highest BCUT2D eigenvalue weighted by Gasteiger charge is 2.42. The van der Waals surface area contributed by atoms with Gasteiger partial charge in [0.15, 0.2) is 0 Å². The normalized spacial score (nSPS) is 34.0. The van der Waals surface area contributed by atoms with E-state index in [-0.39, 0.29) is 0 Å². The minimum absolute atomic E-state index is 0.726. The van der Waals surface area contributed by atoms with E-state index in [2.05, 4.69) is 12.2 Å². The van der Waals surface area contributed by atoms with Gasteiger partial charge in [-0.25, -0.2) is 0 Å². The molecule has 0 aromatic heterocycles.